The van der Waals surface area contributed by atoms with Crippen LogP contribution in [0.3, 0.4) is 0 Å². The number of ether oxygens (including phenoxy) is 1. The zero-order valence-corrected chi connectivity index (χ0v) is 12.0. The van der Waals surface area contributed by atoms with Gasteiger partial charge in [0.15, 0.2) is 0 Å². The van der Waals surface area contributed by atoms with E-state index in [2.05, 4.69) is 4.98 Å². The van der Waals surface area contributed by atoms with Gasteiger partial charge in [-0.05, 0) is 12.5 Å². The van der Waals surface area contributed by atoms with Crippen LogP contribution in [0.4, 0.5) is 0 Å². The zero-order chi connectivity index (χ0) is 14.7. The van der Waals surface area contributed by atoms with Crippen molar-refractivity contribution in [2.24, 2.45) is 0 Å². The molecule has 1 aromatic heterocycles. The van der Waals surface area contributed by atoms with E-state index < -0.39 is 11.2 Å². The lowest BCUT2D eigenvalue weighted by atomic mass is 10.1. The molecule has 0 aliphatic rings. The molecule has 0 spiro atoms. The van der Waals surface area contributed by atoms with Crippen LogP contribution < -0.4 is 11.2 Å². The molecule has 20 heavy (non-hydrogen) atoms. The predicted molar refractivity (Wildman–Crippen MR) is 78.2 cm³/mol. The van der Waals surface area contributed by atoms with E-state index in [4.69, 9.17) is 16.3 Å². The second-order valence-corrected chi connectivity index (χ2v) is 4.83. The maximum atomic E-state index is 12.5. The van der Waals surface area contributed by atoms with Crippen LogP contribution in [0, 0.1) is 0 Å². The first-order valence-electron chi connectivity index (χ1n) is 6.15. The Labute approximate surface area is 120 Å². The Morgan fingerprint density at radius 3 is 2.55 bits per heavy atom. The van der Waals surface area contributed by atoms with Gasteiger partial charge in [0.25, 0.3) is 5.56 Å². The highest BCUT2D eigenvalue weighted by Gasteiger charge is 2.15. The van der Waals surface area contributed by atoms with Crippen LogP contribution in [-0.4, -0.2) is 22.8 Å². The van der Waals surface area contributed by atoms with Crippen LogP contribution in [0.1, 0.15) is 6.92 Å². The van der Waals surface area contributed by atoms with Crippen molar-refractivity contribution in [2.75, 3.05) is 7.11 Å². The van der Waals surface area contributed by atoms with Crippen LogP contribution in [-0.2, 0) is 11.3 Å². The summed E-state index contributed by atoms with van der Waals surface area (Å²) in [5.41, 5.74) is -0.00910. The van der Waals surface area contributed by atoms with Crippen LogP contribution in [0.15, 0.2) is 39.9 Å². The molecule has 5 nitrogen and oxygen atoms in total. The number of hydrogen-bond acceptors (Lipinski definition) is 3. The standard InChI is InChI=1S/C14H15ClN2O3/c1-9(20-2)8-17-13(18)11(12(15)16-14(17)19)10-6-4-3-5-7-10/h3-7,9H,8H2,1-2H3,(H,16,19). The summed E-state index contributed by atoms with van der Waals surface area (Å²) in [7, 11) is 1.53. The molecule has 0 saturated heterocycles. The Balaban J connectivity index is 2.62. The molecule has 1 unspecified atom stereocenters. The van der Waals surface area contributed by atoms with Gasteiger partial charge in [0.1, 0.15) is 5.15 Å². The van der Waals surface area contributed by atoms with Gasteiger partial charge in [-0.25, -0.2) is 4.79 Å². The number of aromatic amines is 1. The minimum atomic E-state index is -0.538. The number of nitrogens with one attached hydrogen (secondary N) is 1. The van der Waals surface area contributed by atoms with Crippen molar-refractivity contribution in [1.82, 2.24) is 9.55 Å². The van der Waals surface area contributed by atoms with Crippen molar-refractivity contribution in [3.05, 3.63) is 56.3 Å². The number of benzene rings is 1. The monoisotopic (exact) mass is 294 g/mol. The summed E-state index contributed by atoms with van der Waals surface area (Å²) in [5.74, 6) is 0. The lowest BCUT2D eigenvalue weighted by Crippen LogP contribution is -2.39. The highest BCUT2D eigenvalue weighted by atomic mass is 35.5. The molecule has 1 N–H and O–H groups in total. The highest BCUT2D eigenvalue weighted by Crippen LogP contribution is 2.20. The molecule has 1 aromatic carbocycles. The van der Waals surface area contributed by atoms with Crippen LogP contribution in [0.2, 0.25) is 5.15 Å². The number of aromatic nitrogens is 2. The summed E-state index contributed by atoms with van der Waals surface area (Å²) in [5, 5.41) is 0.0486. The van der Waals surface area contributed by atoms with Crippen molar-refractivity contribution in [2.45, 2.75) is 19.6 Å². The summed E-state index contributed by atoms with van der Waals surface area (Å²) in [6.45, 7) is 1.95. The topological polar surface area (TPSA) is 64.1 Å². The summed E-state index contributed by atoms with van der Waals surface area (Å²) in [6.07, 6.45) is -0.251. The average molecular weight is 295 g/mol. The van der Waals surface area contributed by atoms with Crippen molar-refractivity contribution >= 4 is 11.6 Å². The molecule has 2 aromatic rings. The molecule has 0 amide bonds. The number of hydrogen-bond donors (Lipinski definition) is 1. The van der Waals surface area contributed by atoms with Crippen molar-refractivity contribution in [3.8, 4) is 11.1 Å². The van der Waals surface area contributed by atoms with Crippen LogP contribution in [0.25, 0.3) is 11.1 Å². The van der Waals surface area contributed by atoms with E-state index in [-0.39, 0.29) is 23.4 Å². The molecule has 0 saturated carbocycles. The Hall–Kier alpha value is -1.85. The summed E-state index contributed by atoms with van der Waals surface area (Å²) in [6, 6.07) is 8.99. The van der Waals surface area contributed by atoms with E-state index in [1.165, 1.54) is 7.11 Å². The predicted octanol–water partition coefficient (Wildman–Crippen LogP) is 1.89. The van der Waals surface area contributed by atoms with Gasteiger partial charge < -0.3 is 4.74 Å². The van der Waals surface area contributed by atoms with Crippen molar-refractivity contribution in [1.29, 1.82) is 0 Å². The first kappa shape index (κ1) is 14.6. The van der Waals surface area contributed by atoms with Gasteiger partial charge in [-0.2, -0.15) is 0 Å². The van der Waals surface area contributed by atoms with E-state index in [1.807, 2.05) is 6.07 Å². The Morgan fingerprint density at radius 2 is 1.95 bits per heavy atom. The van der Waals surface area contributed by atoms with Gasteiger partial charge in [0.05, 0.1) is 18.2 Å². The zero-order valence-electron chi connectivity index (χ0n) is 11.2. The van der Waals surface area contributed by atoms with E-state index in [0.29, 0.717) is 5.56 Å². The maximum Gasteiger partial charge on any atom is 0.329 e. The van der Waals surface area contributed by atoms with Crippen LogP contribution >= 0.6 is 11.6 Å². The van der Waals surface area contributed by atoms with E-state index in [0.717, 1.165) is 4.57 Å². The third kappa shape index (κ3) is 2.84. The highest BCUT2D eigenvalue weighted by molar-refractivity contribution is 6.32. The Morgan fingerprint density at radius 1 is 1.30 bits per heavy atom. The molecule has 2 rings (SSSR count). The fourth-order valence-electron chi connectivity index (χ4n) is 1.90. The number of nitrogens with zero attached hydrogens (tertiary/aromatic N) is 1. The third-order valence-corrected chi connectivity index (χ3v) is 3.33. The van der Waals surface area contributed by atoms with Gasteiger partial charge in [0, 0.05) is 7.11 Å². The first-order valence-corrected chi connectivity index (χ1v) is 6.53. The molecule has 0 aliphatic carbocycles. The summed E-state index contributed by atoms with van der Waals surface area (Å²) < 4.78 is 6.19. The SMILES string of the molecule is COC(C)Cn1c(=O)[nH]c(Cl)c(-c2ccccc2)c1=O. The molecular formula is C14H15ClN2O3. The lowest BCUT2D eigenvalue weighted by Gasteiger charge is -2.13. The second kappa shape index (κ2) is 6.07. The molecule has 0 fully saturated rings. The number of methoxy groups -OCH3 is 1. The smallest absolute Gasteiger partial charge is 0.329 e. The Bertz CT molecular complexity index is 707. The lowest BCUT2D eigenvalue weighted by molar-refractivity contribution is 0.101. The number of halogens is 1. The quantitative estimate of drug-likeness (QED) is 0.876. The molecule has 0 radical (unpaired) electrons. The van der Waals surface area contributed by atoms with Gasteiger partial charge >= 0.3 is 5.69 Å². The Kier molecular flexibility index (Phi) is 4.42. The van der Waals surface area contributed by atoms with Gasteiger partial charge in [0.2, 0.25) is 0 Å². The number of H-pyrrole nitrogens is 1. The first-order chi connectivity index (χ1) is 9.54. The van der Waals surface area contributed by atoms with Crippen molar-refractivity contribution < 1.29 is 4.74 Å². The second-order valence-electron chi connectivity index (χ2n) is 4.45. The number of rotatable bonds is 4. The molecule has 106 valence electrons. The maximum absolute atomic E-state index is 12.5. The molecule has 1 heterocycles. The fourth-order valence-corrected chi connectivity index (χ4v) is 2.17. The molecule has 0 bridgehead atoms. The molecule has 0 aliphatic heterocycles. The minimum Gasteiger partial charge on any atom is -0.380 e. The van der Waals surface area contributed by atoms with Gasteiger partial charge in [-0.1, -0.05) is 41.9 Å². The minimum absolute atomic E-state index is 0.0486. The normalized spacial score (nSPS) is 12.3. The summed E-state index contributed by atoms with van der Waals surface area (Å²) >= 11 is 6.01. The summed E-state index contributed by atoms with van der Waals surface area (Å²) in [4.78, 5) is 26.8. The third-order valence-electron chi connectivity index (χ3n) is 3.04. The van der Waals surface area contributed by atoms with Crippen LogP contribution in [0.5, 0.6) is 0 Å². The van der Waals surface area contributed by atoms with Gasteiger partial charge in [-0.15, -0.1) is 0 Å². The average Bonchev–Trinajstić information content (AvgIpc) is 2.44. The largest absolute Gasteiger partial charge is 0.380 e. The fraction of sp³-hybridized carbons (Fsp3) is 0.286. The molecule has 6 heteroatoms. The van der Waals surface area contributed by atoms with E-state index in [1.54, 1.807) is 31.2 Å². The molecule has 1 atom stereocenters. The van der Waals surface area contributed by atoms with Gasteiger partial charge in [-0.3, -0.25) is 14.3 Å². The molecular weight excluding hydrogens is 280 g/mol. The van der Waals surface area contributed by atoms with Crippen molar-refractivity contribution in [3.63, 3.8) is 0 Å². The van der Waals surface area contributed by atoms with E-state index in [9.17, 15) is 9.59 Å². The van der Waals surface area contributed by atoms with E-state index >= 15 is 0 Å².